The van der Waals surface area contributed by atoms with Crippen LogP contribution in [0.25, 0.3) is 11.1 Å². The Bertz CT molecular complexity index is 792. The monoisotopic (exact) mass is 272 g/mol. The van der Waals surface area contributed by atoms with Gasteiger partial charge in [0.05, 0.1) is 0 Å². The molecule has 0 atom stereocenters. The second-order valence-electron chi connectivity index (χ2n) is 4.44. The summed E-state index contributed by atoms with van der Waals surface area (Å²) in [6.45, 7) is 0. The van der Waals surface area contributed by atoms with E-state index in [2.05, 4.69) is 4.98 Å². The summed E-state index contributed by atoms with van der Waals surface area (Å²) in [5.74, 6) is 1.13. The number of rotatable bonds is 3. The molecule has 0 saturated carbocycles. The molecule has 0 aliphatic carbocycles. The van der Waals surface area contributed by atoms with Crippen LogP contribution in [-0.2, 0) is 0 Å². The molecule has 3 nitrogen and oxygen atoms in total. The summed E-state index contributed by atoms with van der Waals surface area (Å²) >= 11 is 0. The summed E-state index contributed by atoms with van der Waals surface area (Å²) in [5, 5.41) is 8.89. The van der Waals surface area contributed by atoms with Gasteiger partial charge in [-0.3, -0.25) is 0 Å². The summed E-state index contributed by atoms with van der Waals surface area (Å²) in [6.07, 6.45) is 0. The van der Waals surface area contributed by atoms with Gasteiger partial charge in [-0.15, -0.1) is 0 Å². The summed E-state index contributed by atoms with van der Waals surface area (Å²) in [7, 11) is 0. The van der Waals surface area contributed by atoms with E-state index < -0.39 is 0 Å². The zero-order valence-corrected chi connectivity index (χ0v) is 11.2. The van der Waals surface area contributed by atoms with Crippen molar-refractivity contribution in [1.82, 2.24) is 4.98 Å². The second-order valence-corrected chi connectivity index (χ2v) is 4.44. The van der Waals surface area contributed by atoms with Crippen LogP contribution in [0.15, 0.2) is 72.8 Å². The van der Waals surface area contributed by atoms with Gasteiger partial charge in [0.25, 0.3) is 0 Å². The SMILES string of the molecule is N#Cc1cccc(Oc2ccccc2-c2ccccc2)n1. The fourth-order valence-electron chi connectivity index (χ4n) is 2.06. The van der Waals surface area contributed by atoms with E-state index in [1.807, 2.05) is 60.7 Å². The van der Waals surface area contributed by atoms with E-state index in [1.54, 1.807) is 18.2 Å². The fraction of sp³-hybridized carbons (Fsp3) is 0. The van der Waals surface area contributed by atoms with E-state index in [9.17, 15) is 0 Å². The van der Waals surface area contributed by atoms with Crippen molar-refractivity contribution in [1.29, 1.82) is 5.26 Å². The lowest BCUT2D eigenvalue weighted by Gasteiger charge is -2.10. The van der Waals surface area contributed by atoms with Crippen LogP contribution in [0.1, 0.15) is 5.69 Å². The van der Waals surface area contributed by atoms with Crippen molar-refractivity contribution in [2.45, 2.75) is 0 Å². The van der Waals surface area contributed by atoms with Crippen molar-refractivity contribution in [3.8, 4) is 28.8 Å². The van der Waals surface area contributed by atoms with E-state index in [1.165, 1.54) is 0 Å². The third-order valence-electron chi connectivity index (χ3n) is 3.02. The minimum Gasteiger partial charge on any atom is -0.438 e. The van der Waals surface area contributed by atoms with E-state index >= 15 is 0 Å². The number of para-hydroxylation sites is 1. The standard InChI is InChI=1S/C18H12N2O/c19-13-15-9-6-12-18(20-15)21-17-11-5-4-10-16(17)14-7-2-1-3-8-14/h1-12H. The Morgan fingerprint density at radius 2 is 1.57 bits per heavy atom. The van der Waals surface area contributed by atoms with Gasteiger partial charge in [-0.05, 0) is 17.7 Å². The van der Waals surface area contributed by atoms with Crippen LogP contribution in [0.2, 0.25) is 0 Å². The number of nitrogens with zero attached hydrogens (tertiary/aromatic N) is 2. The molecular formula is C18H12N2O. The Kier molecular flexibility index (Phi) is 3.62. The highest BCUT2D eigenvalue weighted by Crippen LogP contribution is 2.32. The number of ether oxygens (including phenoxy) is 1. The molecule has 0 saturated heterocycles. The van der Waals surface area contributed by atoms with Crippen LogP contribution in [0.5, 0.6) is 11.6 Å². The summed E-state index contributed by atoms with van der Waals surface area (Å²) < 4.78 is 5.84. The second kappa shape index (κ2) is 5.89. The first kappa shape index (κ1) is 12.9. The lowest BCUT2D eigenvalue weighted by molar-refractivity contribution is 0.464. The quantitative estimate of drug-likeness (QED) is 0.709. The van der Waals surface area contributed by atoms with Crippen molar-refractivity contribution >= 4 is 0 Å². The van der Waals surface area contributed by atoms with Crippen molar-refractivity contribution in [3.63, 3.8) is 0 Å². The van der Waals surface area contributed by atoms with Gasteiger partial charge < -0.3 is 4.74 Å². The summed E-state index contributed by atoms with van der Waals surface area (Å²) in [5.41, 5.74) is 2.40. The average molecular weight is 272 g/mol. The number of hydrogen-bond acceptors (Lipinski definition) is 3. The number of hydrogen-bond donors (Lipinski definition) is 0. The molecule has 0 fully saturated rings. The molecule has 0 spiro atoms. The Labute approximate surface area is 123 Å². The lowest BCUT2D eigenvalue weighted by Crippen LogP contribution is -1.92. The minimum absolute atomic E-state index is 0.338. The third-order valence-corrected chi connectivity index (χ3v) is 3.02. The lowest BCUT2D eigenvalue weighted by atomic mass is 10.1. The molecule has 3 rings (SSSR count). The van der Waals surface area contributed by atoms with Crippen LogP contribution in [0.3, 0.4) is 0 Å². The van der Waals surface area contributed by atoms with Gasteiger partial charge in [0.15, 0.2) is 0 Å². The molecule has 0 unspecified atom stereocenters. The Morgan fingerprint density at radius 1 is 0.810 bits per heavy atom. The Morgan fingerprint density at radius 3 is 2.38 bits per heavy atom. The van der Waals surface area contributed by atoms with E-state index in [4.69, 9.17) is 10.00 Å². The largest absolute Gasteiger partial charge is 0.438 e. The van der Waals surface area contributed by atoms with Crippen molar-refractivity contribution in [2.75, 3.05) is 0 Å². The maximum absolute atomic E-state index is 8.89. The van der Waals surface area contributed by atoms with E-state index in [-0.39, 0.29) is 0 Å². The molecule has 0 bridgehead atoms. The van der Waals surface area contributed by atoms with Gasteiger partial charge in [0, 0.05) is 11.6 Å². The molecule has 0 N–H and O–H groups in total. The minimum atomic E-state index is 0.338. The first-order valence-corrected chi connectivity index (χ1v) is 6.56. The third kappa shape index (κ3) is 2.90. The fourth-order valence-corrected chi connectivity index (χ4v) is 2.06. The first-order valence-electron chi connectivity index (χ1n) is 6.56. The Balaban J connectivity index is 1.98. The maximum atomic E-state index is 8.89. The van der Waals surface area contributed by atoms with Crippen molar-refractivity contribution < 1.29 is 4.74 Å². The molecule has 3 heteroatoms. The summed E-state index contributed by atoms with van der Waals surface area (Å²) in [6, 6.07) is 24.9. The molecule has 3 aromatic rings. The van der Waals surface area contributed by atoms with Gasteiger partial charge >= 0.3 is 0 Å². The molecule has 21 heavy (non-hydrogen) atoms. The highest BCUT2D eigenvalue weighted by Gasteiger charge is 2.07. The van der Waals surface area contributed by atoms with Gasteiger partial charge in [-0.1, -0.05) is 54.6 Å². The van der Waals surface area contributed by atoms with E-state index in [0.717, 1.165) is 11.1 Å². The number of nitriles is 1. The predicted octanol–water partition coefficient (Wildman–Crippen LogP) is 4.41. The molecule has 0 amide bonds. The van der Waals surface area contributed by atoms with Gasteiger partial charge in [0.1, 0.15) is 17.5 Å². The average Bonchev–Trinajstić information content (AvgIpc) is 2.56. The zero-order valence-electron chi connectivity index (χ0n) is 11.2. The molecule has 0 aliphatic rings. The Hall–Kier alpha value is -3.12. The highest BCUT2D eigenvalue weighted by atomic mass is 16.5. The smallest absolute Gasteiger partial charge is 0.220 e. The van der Waals surface area contributed by atoms with Gasteiger partial charge in [-0.25, -0.2) is 4.98 Å². The van der Waals surface area contributed by atoms with Crippen LogP contribution in [-0.4, -0.2) is 4.98 Å². The molecule has 1 aromatic heterocycles. The maximum Gasteiger partial charge on any atom is 0.220 e. The number of aromatic nitrogens is 1. The van der Waals surface area contributed by atoms with Crippen LogP contribution in [0, 0.1) is 11.3 Å². The molecule has 0 radical (unpaired) electrons. The zero-order chi connectivity index (χ0) is 14.5. The van der Waals surface area contributed by atoms with Crippen LogP contribution >= 0.6 is 0 Å². The molecule has 2 aromatic carbocycles. The normalized spacial score (nSPS) is 9.86. The summed E-state index contributed by atoms with van der Waals surface area (Å²) in [4.78, 5) is 4.14. The van der Waals surface area contributed by atoms with Gasteiger partial charge in [-0.2, -0.15) is 5.26 Å². The van der Waals surface area contributed by atoms with Crippen LogP contribution < -0.4 is 4.74 Å². The topological polar surface area (TPSA) is 45.9 Å². The predicted molar refractivity (Wildman–Crippen MR) is 80.9 cm³/mol. The van der Waals surface area contributed by atoms with Gasteiger partial charge in [0.2, 0.25) is 5.88 Å². The number of pyridine rings is 1. The molecule has 1 heterocycles. The first-order chi connectivity index (χ1) is 10.4. The molecular weight excluding hydrogens is 260 g/mol. The van der Waals surface area contributed by atoms with E-state index in [0.29, 0.717) is 17.3 Å². The molecule has 0 aliphatic heterocycles. The highest BCUT2D eigenvalue weighted by molar-refractivity contribution is 5.70. The van der Waals surface area contributed by atoms with Crippen molar-refractivity contribution in [2.24, 2.45) is 0 Å². The number of benzene rings is 2. The van der Waals surface area contributed by atoms with Crippen molar-refractivity contribution in [3.05, 3.63) is 78.5 Å². The van der Waals surface area contributed by atoms with Crippen LogP contribution in [0.4, 0.5) is 0 Å². The molecule has 100 valence electrons.